The molecular formula is C13H27N3O5. The van der Waals surface area contributed by atoms with Crippen LogP contribution in [0.25, 0.3) is 0 Å². The molecule has 4 N–H and O–H groups in total. The zero-order valence-electron chi connectivity index (χ0n) is 12.4. The quantitative estimate of drug-likeness (QED) is 0.173. The maximum absolute atomic E-state index is 11.4. The van der Waals surface area contributed by atoms with Crippen LogP contribution in [-0.4, -0.2) is 75.0 Å². The SMILES string of the molecule is O=C(CCC=NCCOCCO)NCCCONCCO. The van der Waals surface area contributed by atoms with Crippen LogP contribution in [0.5, 0.6) is 0 Å². The second kappa shape index (κ2) is 17.0. The standard InChI is InChI=1S/C13H27N3O5/c17-8-6-16-21-10-2-5-15-13(19)3-1-4-14-7-11-20-12-9-18/h4,16-18H,1-3,5-12H2,(H,15,19). The van der Waals surface area contributed by atoms with Crippen molar-refractivity contribution >= 4 is 12.1 Å². The molecule has 0 aliphatic rings. The molecule has 0 atom stereocenters. The van der Waals surface area contributed by atoms with E-state index in [9.17, 15) is 4.79 Å². The van der Waals surface area contributed by atoms with E-state index in [0.717, 1.165) is 0 Å². The third-order valence-corrected chi connectivity index (χ3v) is 2.29. The first-order chi connectivity index (χ1) is 10.3. The van der Waals surface area contributed by atoms with E-state index in [4.69, 9.17) is 19.8 Å². The van der Waals surface area contributed by atoms with Crippen molar-refractivity contribution in [2.24, 2.45) is 4.99 Å². The van der Waals surface area contributed by atoms with Crippen LogP contribution in [0.3, 0.4) is 0 Å². The van der Waals surface area contributed by atoms with Crippen molar-refractivity contribution < 1.29 is 24.6 Å². The van der Waals surface area contributed by atoms with Crippen molar-refractivity contribution in [3.63, 3.8) is 0 Å². The van der Waals surface area contributed by atoms with Crippen molar-refractivity contribution in [2.45, 2.75) is 19.3 Å². The van der Waals surface area contributed by atoms with Crippen LogP contribution in [-0.2, 0) is 14.4 Å². The number of rotatable bonds is 15. The molecule has 0 bridgehead atoms. The van der Waals surface area contributed by atoms with Crippen LogP contribution in [0, 0.1) is 0 Å². The van der Waals surface area contributed by atoms with Gasteiger partial charge in [-0.2, -0.15) is 0 Å². The summed E-state index contributed by atoms with van der Waals surface area (Å²) >= 11 is 0. The van der Waals surface area contributed by atoms with E-state index < -0.39 is 0 Å². The third kappa shape index (κ3) is 16.9. The summed E-state index contributed by atoms with van der Waals surface area (Å²) in [5.74, 6) is -0.0127. The summed E-state index contributed by atoms with van der Waals surface area (Å²) in [6.45, 7) is 2.85. The molecule has 0 aromatic heterocycles. The summed E-state index contributed by atoms with van der Waals surface area (Å²) in [5, 5.41) is 19.8. The summed E-state index contributed by atoms with van der Waals surface area (Å²) < 4.78 is 5.04. The van der Waals surface area contributed by atoms with E-state index in [1.165, 1.54) is 0 Å². The molecule has 0 spiro atoms. The summed E-state index contributed by atoms with van der Waals surface area (Å²) in [5.41, 5.74) is 2.59. The maximum Gasteiger partial charge on any atom is 0.220 e. The number of hydroxylamine groups is 1. The van der Waals surface area contributed by atoms with E-state index >= 15 is 0 Å². The minimum atomic E-state index is -0.0127. The molecule has 124 valence electrons. The minimum absolute atomic E-state index is 0.0127. The van der Waals surface area contributed by atoms with Gasteiger partial charge in [0.1, 0.15) is 0 Å². The Morgan fingerprint density at radius 3 is 2.76 bits per heavy atom. The number of nitrogens with one attached hydrogen (secondary N) is 2. The molecule has 0 aromatic rings. The molecule has 0 saturated heterocycles. The zero-order chi connectivity index (χ0) is 15.6. The molecule has 0 aromatic carbocycles. The summed E-state index contributed by atoms with van der Waals surface area (Å²) in [4.78, 5) is 20.5. The molecular weight excluding hydrogens is 278 g/mol. The second-order valence-electron chi connectivity index (χ2n) is 4.13. The van der Waals surface area contributed by atoms with Crippen molar-refractivity contribution in [3.05, 3.63) is 0 Å². The molecule has 8 nitrogen and oxygen atoms in total. The highest BCUT2D eigenvalue weighted by Gasteiger charge is 1.98. The fourth-order valence-electron chi connectivity index (χ4n) is 1.31. The third-order valence-electron chi connectivity index (χ3n) is 2.29. The number of aliphatic hydroxyl groups excluding tert-OH is 2. The second-order valence-corrected chi connectivity index (χ2v) is 4.13. The van der Waals surface area contributed by atoms with Gasteiger partial charge in [0.05, 0.1) is 39.6 Å². The summed E-state index contributed by atoms with van der Waals surface area (Å²) in [7, 11) is 0. The van der Waals surface area contributed by atoms with E-state index in [2.05, 4.69) is 15.8 Å². The van der Waals surface area contributed by atoms with Gasteiger partial charge in [0.25, 0.3) is 0 Å². The lowest BCUT2D eigenvalue weighted by Gasteiger charge is -2.05. The molecule has 0 fully saturated rings. The minimum Gasteiger partial charge on any atom is -0.395 e. The van der Waals surface area contributed by atoms with Gasteiger partial charge in [-0.1, -0.05) is 0 Å². The van der Waals surface area contributed by atoms with Gasteiger partial charge in [0, 0.05) is 19.5 Å². The number of nitrogens with zero attached hydrogens (tertiary/aromatic N) is 1. The van der Waals surface area contributed by atoms with Crippen LogP contribution in [0.1, 0.15) is 19.3 Å². The van der Waals surface area contributed by atoms with Crippen molar-refractivity contribution in [2.75, 3.05) is 52.7 Å². The Morgan fingerprint density at radius 2 is 2.00 bits per heavy atom. The van der Waals surface area contributed by atoms with Gasteiger partial charge in [-0.25, -0.2) is 5.48 Å². The predicted molar refractivity (Wildman–Crippen MR) is 79.2 cm³/mol. The number of aliphatic imine (C=N–C) groups is 1. The number of ether oxygens (including phenoxy) is 1. The summed E-state index contributed by atoms with van der Waals surface area (Å²) in [6, 6.07) is 0. The first kappa shape index (κ1) is 19.9. The fourth-order valence-corrected chi connectivity index (χ4v) is 1.31. The van der Waals surface area contributed by atoms with Gasteiger partial charge < -0.3 is 25.1 Å². The lowest BCUT2D eigenvalue weighted by Crippen LogP contribution is -2.26. The molecule has 21 heavy (non-hydrogen) atoms. The molecule has 0 saturated carbocycles. The molecule has 0 aliphatic carbocycles. The number of amides is 1. The Labute approximate surface area is 125 Å². The Kier molecular flexibility index (Phi) is 16.1. The van der Waals surface area contributed by atoms with Crippen LogP contribution in [0.2, 0.25) is 0 Å². The predicted octanol–water partition coefficient (Wildman–Crippen LogP) is -1.13. The first-order valence-electron chi connectivity index (χ1n) is 7.20. The number of carbonyl (C=O) groups is 1. The lowest BCUT2D eigenvalue weighted by molar-refractivity contribution is -0.121. The zero-order valence-corrected chi connectivity index (χ0v) is 12.4. The Morgan fingerprint density at radius 1 is 1.14 bits per heavy atom. The van der Waals surface area contributed by atoms with Crippen molar-refractivity contribution in [1.29, 1.82) is 0 Å². The molecule has 1 amide bonds. The van der Waals surface area contributed by atoms with Crippen LogP contribution >= 0.6 is 0 Å². The average molecular weight is 305 g/mol. The van der Waals surface area contributed by atoms with Crippen LogP contribution < -0.4 is 10.8 Å². The molecule has 0 aliphatic heterocycles. The highest BCUT2D eigenvalue weighted by Crippen LogP contribution is 1.87. The molecule has 0 radical (unpaired) electrons. The smallest absolute Gasteiger partial charge is 0.220 e. The van der Waals surface area contributed by atoms with E-state index in [0.29, 0.717) is 58.7 Å². The van der Waals surface area contributed by atoms with Gasteiger partial charge in [0.2, 0.25) is 5.91 Å². The number of hydrogen-bond donors (Lipinski definition) is 4. The van der Waals surface area contributed by atoms with Gasteiger partial charge in [-0.15, -0.1) is 0 Å². The van der Waals surface area contributed by atoms with Crippen molar-refractivity contribution in [1.82, 2.24) is 10.8 Å². The summed E-state index contributed by atoms with van der Waals surface area (Å²) in [6.07, 6.45) is 3.43. The van der Waals surface area contributed by atoms with E-state index in [1.807, 2.05) is 0 Å². The van der Waals surface area contributed by atoms with Crippen LogP contribution in [0.15, 0.2) is 4.99 Å². The number of aliphatic hydroxyl groups is 2. The average Bonchev–Trinajstić information content (AvgIpc) is 2.49. The fraction of sp³-hybridized carbons (Fsp3) is 0.846. The number of hydrogen-bond acceptors (Lipinski definition) is 7. The highest BCUT2D eigenvalue weighted by atomic mass is 16.6. The van der Waals surface area contributed by atoms with Gasteiger partial charge in [-0.3, -0.25) is 9.79 Å². The van der Waals surface area contributed by atoms with Crippen LogP contribution in [0.4, 0.5) is 0 Å². The van der Waals surface area contributed by atoms with Gasteiger partial charge in [0.15, 0.2) is 0 Å². The molecule has 8 heteroatoms. The molecule has 0 rings (SSSR count). The topological polar surface area (TPSA) is 112 Å². The monoisotopic (exact) mass is 305 g/mol. The molecule has 0 heterocycles. The highest BCUT2D eigenvalue weighted by molar-refractivity contribution is 5.78. The normalized spacial score (nSPS) is 11.1. The van der Waals surface area contributed by atoms with E-state index in [-0.39, 0.29) is 19.1 Å². The van der Waals surface area contributed by atoms with Crippen molar-refractivity contribution in [3.8, 4) is 0 Å². The Balaban J connectivity index is 3.24. The van der Waals surface area contributed by atoms with E-state index in [1.54, 1.807) is 6.21 Å². The maximum atomic E-state index is 11.4. The van der Waals surface area contributed by atoms with Gasteiger partial charge in [-0.05, 0) is 19.1 Å². The number of carbonyl (C=O) groups excluding carboxylic acids is 1. The Hall–Kier alpha value is -1.06. The largest absolute Gasteiger partial charge is 0.395 e. The lowest BCUT2D eigenvalue weighted by atomic mass is 10.3. The Bertz CT molecular complexity index is 264. The molecule has 0 unspecified atom stereocenters. The van der Waals surface area contributed by atoms with Gasteiger partial charge >= 0.3 is 0 Å². The first-order valence-corrected chi connectivity index (χ1v) is 7.20.